The first kappa shape index (κ1) is 12.9. The van der Waals surface area contributed by atoms with E-state index < -0.39 is 0 Å². The molecular formula is C15H17N3O2. The van der Waals surface area contributed by atoms with Crippen molar-refractivity contribution in [1.29, 1.82) is 0 Å². The van der Waals surface area contributed by atoms with E-state index in [4.69, 9.17) is 9.15 Å². The normalized spacial score (nSPS) is 11.2. The van der Waals surface area contributed by atoms with Crippen LogP contribution in [0.5, 0.6) is 0 Å². The Morgan fingerprint density at radius 3 is 3.05 bits per heavy atom. The molecule has 0 atom stereocenters. The number of fused-ring (bicyclic) bond motifs is 1. The standard InChI is InChI=1S/C15H17N3O2/c1-19-9-4-7-14-17-13-6-2-8-16-15(13)18(14)11-12-5-3-10-20-12/h2-3,5-6,8,10H,4,7,9,11H2,1H3. The fourth-order valence-electron chi connectivity index (χ4n) is 2.30. The summed E-state index contributed by atoms with van der Waals surface area (Å²) in [6.07, 6.45) is 5.29. The number of rotatable bonds is 6. The topological polar surface area (TPSA) is 53.1 Å². The maximum absolute atomic E-state index is 5.44. The molecule has 0 unspecified atom stereocenters. The van der Waals surface area contributed by atoms with Gasteiger partial charge in [0.1, 0.15) is 17.1 Å². The Hall–Kier alpha value is -2.14. The summed E-state index contributed by atoms with van der Waals surface area (Å²) >= 11 is 0. The van der Waals surface area contributed by atoms with Crippen molar-refractivity contribution >= 4 is 11.2 Å². The lowest BCUT2D eigenvalue weighted by atomic mass is 10.3. The first-order valence-electron chi connectivity index (χ1n) is 6.70. The molecular weight excluding hydrogens is 254 g/mol. The number of methoxy groups -OCH3 is 1. The van der Waals surface area contributed by atoms with Crippen molar-refractivity contribution in [1.82, 2.24) is 14.5 Å². The first-order chi connectivity index (χ1) is 9.88. The number of hydrogen-bond acceptors (Lipinski definition) is 4. The van der Waals surface area contributed by atoms with Crippen LogP contribution >= 0.6 is 0 Å². The van der Waals surface area contributed by atoms with Gasteiger partial charge in [-0.2, -0.15) is 0 Å². The largest absolute Gasteiger partial charge is 0.467 e. The van der Waals surface area contributed by atoms with Gasteiger partial charge in [0.2, 0.25) is 0 Å². The van der Waals surface area contributed by atoms with E-state index >= 15 is 0 Å². The average molecular weight is 271 g/mol. The van der Waals surface area contributed by atoms with E-state index in [1.165, 1.54) is 0 Å². The van der Waals surface area contributed by atoms with Crippen molar-refractivity contribution in [3.8, 4) is 0 Å². The van der Waals surface area contributed by atoms with Crippen molar-refractivity contribution in [2.45, 2.75) is 19.4 Å². The van der Waals surface area contributed by atoms with Gasteiger partial charge in [0, 0.05) is 26.3 Å². The van der Waals surface area contributed by atoms with Gasteiger partial charge in [0.15, 0.2) is 5.65 Å². The number of hydrogen-bond donors (Lipinski definition) is 0. The van der Waals surface area contributed by atoms with Crippen LogP contribution in [0.2, 0.25) is 0 Å². The lowest BCUT2D eigenvalue weighted by molar-refractivity contribution is 0.194. The Labute approximate surface area is 117 Å². The van der Waals surface area contributed by atoms with E-state index in [1.807, 2.05) is 24.3 Å². The highest BCUT2D eigenvalue weighted by Gasteiger charge is 2.12. The number of aryl methyl sites for hydroxylation is 1. The van der Waals surface area contributed by atoms with Gasteiger partial charge in [-0.1, -0.05) is 0 Å². The Balaban J connectivity index is 1.94. The highest BCUT2D eigenvalue weighted by atomic mass is 16.5. The fourth-order valence-corrected chi connectivity index (χ4v) is 2.30. The molecule has 20 heavy (non-hydrogen) atoms. The number of aromatic nitrogens is 3. The first-order valence-corrected chi connectivity index (χ1v) is 6.70. The van der Waals surface area contributed by atoms with Gasteiger partial charge in [-0.3, -0.25) is 0 Å². The zero-order valence-corrected chi connectivity index (χ0v) is 11.5. The predicted molar refractivity (Wildman–Crippen MR) is 75.5 cm³/mol. The van der Waals surface area contributed by atoms with E-state index in [2.05, 4.69) is 14.5 Å². The van der Waals surface area contributed by atoms with E-state index in [0.29, 0.717) is 6.54 Å². The summed E-state index contributed by atoms with van der Waals surface area (Å²) in [5.74, 6) is 1.93. The molecule has 3 rings (SSSR count). The minimum Gasteiger partial charge on any atom is -0.467 e. The van der Waals surface area contributed by atoms with Crippen LogP contribution in [0.3, 0.4) is 0 Å². The van der Waals surface area contributed by atoms with E-state index in [1.54, 1.807) is 19.6 Å². The number of ether oxygens (including phenoxy) is 1. The maximum atomic E-state index is 5.44. The Bertz CT molecular complexity index is 674. The Kier molecular flexibility index (Phi) is 3.78. The van der Waals surface area contributed by atoms with Crippen LogP contribution in [-0.2, 0) is 17.7 Å². The number of imidazole rings is 1. The van der Waals surface area contributed by atoms with Crippen molar-refractivity contribution in [2.75, 3.05) is 13.7 Å². The summed E-state index contributed by atoms with van der Waals surface area (Å²) in [6.45, 7) is 1.39. The third-order valence-corrected chi connectivity index (χ3v) is 3.23. The van der Waals surface area contributed by atoms with Crippen molar-refractivity contribution in [3.63, 3.8) is 0 Å². The third kappa shape index (κ3) is 2.58. The van der Waals surface area contributed by atoms with E-state index in [0.717, 1.165) is 42.2 Å². The molecule has 0 aliphatic carbocycles. The summed E-state index contributed by atoms with van der Waals surface area (Å²) in [4.78, 5) is 9.11. The van der Waals surface area contributed by atoms with Gasteiger partial charge < -0.3 is 13.7 Å². The zero-order chi connectivity index (χ0) is 13.8. The molecule has 5 nitrogen and oxygen atoms in total. The summed E-state index contributed by atoms with van der Waals surface area (Å²) in [5, 5.41) is 0. The molecule has 0 amide bonds. The number of nitrogens with zero attached hydrogens (tertiary/aromatic N) is 3. The lowest BCUT2D eigenvalue weighted by Crippen LogP contribution is -2.06. The smallest absolute Gasteiger partial charge is 0.160 e. The highest BCUT2D eigenvalue weighted by molar-refractivity contribution is 5.71. The monoisotopic (exact) mass is 271 g/mol. The van der Waals surface area contributed by atoms with Gasteiger partial charge in [0.05, 0.1) is 12.8 Å². The number of pyridine rings is 1. The predicted octanol–water partition coefficient (Wildman–Crippen LogP) is 2.65. The van der Waals surface area contributed by atoms with Gasteiger partial charge in [-0.15, -0.1) is 0 Å². The minimum atomic E-state index is 0.656. The molecule has 0 aromatic carbocycles. The molecule has 3 heterocycles. The van der Waals surface area contributed by atoms with Gasteiger partial charge in [0.25, 0.3) is 0 Å². The van der Waals surface area contributed by atoms with Gasteiger partial charge >= 0.3 is 0 Å². The van der Waals surface area contributed by atoms with Crippen LogP contribution in [0.4, 0.5) is 0 Å². The van der Waals surface area contributed by atoms with Crippen molar-refractivity contribution in [3.05, 3.63) is 48.3 Å². The van der Waals surface area contributed by atoms with E-state index in [-0.39, 0.29) is 0 Å². The summed E-state index contributed by atoms with van der Waals surface area (Å²) in [7, 11) is 1.72. The molecule has 3 aromatic heterocycles. The zero-order valence-electron chi connectivity index (χ0n) is 11.5. The average Bonchev–Trinajstić information content (AvgIpc) is 3.09. The Morgan fingerprint density at radius 2 is 2.25 bits per heavy atom. The Morgan fingerprint density at radius 1 is 1.30 bits per heavy atom. The van der Waals surface area contributed by atoms with Crippen LogP contribution in [0.25, 0.3) is 11.2 Å². The minimum absolute atomic E-state index is 0.656. The molecule has 5 heteroatoms. The lowest BCUT2D eigenvalue weighted by Gasteiger charge is -2.06. The molecule has 0 spiro atoms. The molecule has 0 radical (unpaired) electrons. The van der Waals surface area contributed by atoms with Crippen LogP contribution in [0.15, 0.2) is 41.1 Å². The van der Waals surface area contributed by atoms with E-state index in [9.17, 15) is 0 Å². The van der Waals surface area contributed by atoms with Crippen LogP contribution in [-0.4, -0.2) is 28.3 Å². The maximum Gasteiger partial charge on any atom is 0.160 e. The molecule has 0 fully saturated rings. The van der Waals surface area contributed by atoms with Crippen molar-refractivity contribution < 1.29 is 9.15 Å². The van der Waals surface area contributed by atoms with Crippen LogP contribution in [0.1, 0.15) is 18.0 Å². The molecule has 3 aromatic rings. The second-order valence-corrected chi connectivity index (χ2v) is 4.64. The molecule has 104 valence electrons. The second kappa shape index (κ2) is 5.88. The van der Waals surface area contributed by atoms with Crippen molar-refractivity contribution in [2.24, 2.45) is 0 Å². The number of furan rings is 1. The molecule has 0 bridgehead atoms. The SMILES string of the molecule is COCCCc1nc2cccnc2n1Cc1ccco1. The molecule has 0 aliphatic rings. The molecule has 0 N–H and O–H groups in total. The van der Waals surface area contributed by atoms with Crippen LogP contribution < -0.4 is 0 Å². The molecule has 0 saturated carbocycles. The third-order valence-electron chi connectivity index (χ3n) is 3.23. The van der Waals surface area contributed by atoms with Crippen LogP contribution in [0, 0.1) is 0 Å². The second-order valence-electron chi connectivity index (χ2n) is 4.64. The van der Waals surface area contributed by atoms with Gasteiger partial charge in [-0.05, 0) is 30.7 Å². The van der Waals surface area contributed by atoms with Gasteiger partial charge in [-0.25, -0.2) is 9.97 Å². The quantitative estimate of drug-likeness (QED) is 0.647. The summed E-state index contributed by atoms with van der Waals surface area (Å²) < 4.78 is 12.7. The summed E-state index contributed by atoms with van der Waals surface area (Å²) in [5.41, 5.74) is 1.82. The molecule has 0 saturated heterocycles. The molecule has 0 aliphatic heterocycles. The fraction of sp³-hybridized carbons (Fsp3) is 0.333. The highest BCUT2D eigenvalue weighted by Crippen LogP contribution is 2.17. The summed E-state index contributed by atoms with van der Waals surface area (Å²) in [6, 6.07) is 7.76.